The summed E-state index contributed by atoms with van der Waals surface area (Å²) in [6.45, 7) is 2.02. The van der Waals surface area contributed by atoms with Gasteiger partial charge in [0.2, 0.25) is 0 Å². The molecule has 2 heterocycles. The van der Waals surface area contributed by atoms with Crippen LogP contribution in [-0.4, -0.2) is 9.97 Å². The predicted octanol–water partition coefficient (Wildman–Crippen LogP) is 2.76. The van der Waals surface area contributed by atoms with E-state index >= 15 is 0 Å². The van der Waals surface area contributed by atoms with Crippen LogP contribution < -0.4 is 0 Å². The topological polar surface area (TPSA) is 49.6 Å². The number of hydrogen-bond donors (Lipinski definition) is 0. The zero-order valence-electron chi connectivity index (χ0n) is 9.01. The summed E-state index contributed by atoms with van der Waals surface area (Å²) in [5.41, 5.74) is 3.78. The van der Waals surface area contributed by atoms with E-state index in [1.165, 1.54) is 0 Å². The Balaban J connectivity index is 0.00000144. The van der Waals surface area contributed by atoms with E-state index in [9.17, 15) is 0 Å². The molecule has 0 atom stereocenters. The normalized spacial score (nSPS) is 9.75. The lowest BCUT2D eigenvalue weighted by Crippen LogP contribution is -1.90. The molecule has 0 saturated heterocycles. The van der Waals surface area contributed by atoms with Crippen molar-refractivity contribution >= 4 is 0 Å². The zero-order chi connectivity index (χ0) is 11.4. The standard InChI is InChI=1S/C13H11N3.H2/c1-10-3-6-15-12(8-10)13-9-11(2-5-14)4-7-16-13;/h3-4,6-9H,2H2,1H3;1H. The molecular weight excluding hydrogens is 198 g/mol. The quantitative estimate of drug-likeness (QED) is 0.767. The molecule has 2 rings (SSSR count). The monoisotopic (exact) mass is 211 g/mol. The van der Waals surface area contributed by atoms with Crippen molar-refractivity contribution in [3.05, 3.63) is 47.8 Å². The van der Waals surface area contributed by atoms with Crippen molar-refractivity contribution in [2.45, 2.75) is 13.3 Å². The summed E-state index contributed by atoms with van der Waals surface area (Å²) in [5.74, 6) is 0. The number of aromatic nitrogens is 2. The molecule has 3 nitrogen and oxygen atoms in total. The third-order valence-corrected chi connectivity index (χ3v) is 2.29. The Bertz CT molecular complexity index is 546. The summed E-state index contributed by atoms with van der Waals surface area (Å²) < 4.78 is 0. The Morgan fingerprint density at radius 1 is 1.19 bits per heavy atom. The molecule has 3 heteroatoms. The van der Waals surface area contributed by atoms with E-state index in [4.69, 9.17) is 5.26 Å². The Hall–Kier alpha value is -2.21. The van der Waals surface area contributed by atoms with E-state index in [1.807, 2.05) is 31.2 Å². The molecule has 0 radical (unpaired) electrons. The summed E-state index contributed by atoms with van der Waals surface area (Å²) in [5, 5.41) is 8.64. The first-order valence-corrected chi connectivity index (χ1v) is 5.04. The molecule has 0 unspecified atom stereocenters. The molecule has 0 aromatic carbocycles. The number of hydrogen-bond acceptors (Lipinski definition) is 3. The van der Waals surface area contributed by atoms with Gasteiger partial charge < -0.3 is 0 Å². The molecule has 0 N–H and O–H groups in total. The third-order valence-electron chi connectivity index (χ3n) is 2.29. The van der Waals surface area contributed by atoms with Gasteiger partial charge in [0.1, 0.15) is 0 Å². The number of aryl methyl sites for hydroxylation is 1. The fourth-order valence-corrected chi connectivity index (χ4v) is 1.49. The van der Waals surface area contributed by atoms with E-state index in [0.717, 1.165) is 22.5 Å². The average Bonchev–Trinajstić information content (AvgIpc) is 2.30. The van der Waals surface area contributed by atoms with Crippen LogP contribution in [0.25, 0.3) is 11.4 Å². The van der Waals surface area contributed by atoms with Crippen LogP contribution in [-0.2, 0) is 6.42 Å². The van der Waals surface area contributed by atoms with Crippen LogP contribution >= 0.6 is 0 Å². The average molecular weight is 211 g/mol. The van der Waals surface area contributed by atoms with Crippen LogP contribution in [0.2, 0.25) is 0 Å². The lowest BCUT2D eigenvalue weighted by molar-refractivity contribution is 1.18. The molecule has 0 aliphatic heterocycles. The lowest BCUT2D eigenvalue weighted by Gasteiger charge is -2.02. The van der Waals surface area contributed by atoms with Gasteiger partial charge in [-0.3, -0.25) is 9.97 Å². The molecule has 0 bridgehead atoms. The first-order valence-electron chi connectivity index (χ1n) is 5.04. The highest BCUT2D eigenvalue weighted by atomic mass is 14.8. The summed E-state index contributed by atoms with van der Waals surface area (Å²) in [6.07, 6.45) is 3.89. The zero-order valence-corrected chi connectivity index (χ0v) is 9.01. The van der Waals surface area contributed by atoms with Gasteiger partial charge >= 0.3 is 0 Å². The summed E-state index contributed by atoms with van der Waals surface area (Å²) >= 11 is 0. The van der Waals surface area contributed by atoms with Gasteiger partial charge in [-0.15, -0.1) is 0 Å². The van der Waals surface area contributed by atoms with E-state index in [-0.39, 0.29) is 1.43 Å². The van der Waals surface area contributed by atoms with E-state index in [1.54, 1.807) is 12.4 Å². The first kappa shape index (κ1) is 10.3. The maximum absolute atomic E-state index is 8.64. The minimum absolute atomic E-state index is 0. The fraction of sp³-hybridized carbons (Fsp3) is 0.154. The molecule has 0 aliphatic carbocycles. The van der Waals surface area contributed by atoms with Gasteiger partial charge in [-0.25, -0.2) is 0 Å². The maximum atomic E-state index is 8.64. The van der Waals surface area contributed by atoms with Crippen molar-refractivity contribution in [3.8, 4) is 17.5 Å². The Morgan fingerprint density at radius 3 is 2.56 bits per heavy atom. The van der Waals surface area contributed by atoms with Gasteiger partial charge in [0, 0.05) is 13.8 Å². The van der Waals surface area contributed by atoms with Crippen molar-refractivity contribution in [1.29, 1.82) is 5.26 Å². The van der Waals surface area contributed by atoms with Gasteiger partial charge in [-0.1, -0.05) is 0 Å². The minimum atomic E-state index is 0. The Kier molecular flexibility index (Phi) is 2.93. The van der Waals surface area contributed by atoms with Crippen molar-refractivity contribution in [2.24, 2.45) is 0 Å². The van der Waals surface area contributed by atoms with E-state index in [0.29, 0.717) is 6.42 Å². The van der Waals surface area contributed by atoms with E-state index < -0.39 is 0 Å². The fourth-order valence-electron chi connectivity index (χ4n) is 1.49. The van der Waals surface area contributed by atoms with Crippen molar-refractivity contribution < 1.29 is 1.43 Å². The highest BCUT2D eigenvalue weighted by Crippen LogP contribution is 2.16. The third kappa shape index (κ3) is 2.23. The number of nitriles is 1. The number of nitrogens with zero attached hydrogens (tertiary/aromatic N) is 3. The van der Waals surface area contributed by atoms with Crippen LogP contribution in [0.15, 0.2) is 36.7 Å². The van der Waals surface area contributed by atoms with Gasteiger partial charge in [0.15, 0.2) is 0 Å². The summed E-state index contributed by atoms with van der Waals surface area (Å²) in [4.78, 5) is 8.53. The summed E-state index contributed by atoms with van der Waals surface area (Å²) in [6, 6.07) is 9.81. The van der Waals surface area contributed by atoms with Crippen LogP contribution in [0.1, 0.15) is 12.6 Å². The van der Waals surface area contributed by atoms with Gasteiger partial charge in [0.05, 0.1) is 23.9 Å². The molecule has 0 spiro atoms. The Labute approximate surface area is 95.9 Å². The van der Waals surface area contributed by atoms with Gasteiger partial charge in [-0.05, 0) is 42.3 Å². The molecule has 0 saturated carbocycles. The smallest absolute Gasteiger partial charge is 0.0889 e. The van der Waals surface area contributed by atoms with Crippen LogP contribution in [0.5, 0.6) is 0 Å². The summed E-state index contributed by atoms with van der Waals surface area (Å²) in [7, 11) is 0. The van der Waals surface area contributed by atoms with E-state index in [2.05, 4.69) is 16.0 Å². The molecule has 0 fully saturated rings. The second-order valence-corrected chi connectivity index (χ2v) is 3.60. The molecule has 2 aromatic heterocycles. The molecule has 16 heavy (non-hydrogen) atoms. The first-order chi connectivity index (χ1) is 7.79. The van der Waals surface area contributed by atoms with Gasteiger partial charge in [-0.2, -0.15) is 5.26 Å². The lowest BCUT2D eigenvalue weighted by atomic mass is 10.1. The van der Waals surface area contributed by atoms with Crippen LogP contribution in [0, 0.1) is 18.3 Å². The van der Waals surface area contributed by atoms with Crippen LogP contribution in [0.3, 0.4) is 0 Å². The van der Waals surface area contributed by atoms with Crippen molar-refractivity contribution in [3.63, 3.8) is 0 Å². The van der Waals surface area contributed by atoms with Gasteiger partial charge in [0.25, 0.3) is 0 Å². The molecule has 0 aliphatic rings. The largest absolute Gasteiger partial charge is 0.255 e. The molecule has 2 aromatic rings. The SMILES string of the molecule is Cc1ccnc(-c2cc(CC#N)ccn2)c1.[HH]. The maximum Gasteiger partial charge on any atom is 0.0889 e. The predicted molar refractivity (Wildman–Crippen MR) is 63.6 cm³/mol. The molecule has 80 valence electrons. The van der Waals surface area contributed by atoms with Crippen molar-refractivity contribution in [2.75, 3.05) is 0 Å². The number of rotatable bonds is 2. The minimum Gasteiger partial charge on any atom is -0.255 e. The van der Waals surface area contributed by atoms with Crippen molar-refractivity contribution in [1.82, 2.24) is 9.97 Å². The number of pyridine rings is 2. The van der Waals surface area contributed by atoms with Crippen LogP contribution in [0.4, 0.5) is 0 Å². The molecule has 0 amide bonds. The highest BCUT2D eigenvalue weighted by Gasteiger charge is 2.02. The Morgan fingerprint density at radius 2 is 1.88 bits per heavy atom. The molecular formula is C13H13N3. The second kappa shape index (κ2) is 4.54. The highest BCUT2D eigenvalue weighted by molar-refractivity contribution is 5.55. The second-order valence-electron chi connectivity index (χ2n) is 3.60.